The minimum absolute atomic E-state index is 0.0384. The van der Waals surface area contributed by atoms with Gasteiger partial charge in [-0.25, -0.2) is 18.2 Å². The lowest BCUT2D eigenvalue weighted by Gasteiger charge is -2.32. The van der Waals surface area contributed by atoms with Crippen molar-refractivity contribution >= 4 is 27.5 Å². The number of benzene rings is 2. The summed E-state index contributed by atoms with van der Waals surface area (Å²) in [5.41, 5.74) is -1.27. The second-order valence-corrected chi connectivity index (χ2v) is 13.1. The van der Waals surface area contributed by atoms with Crippen LogP contribution in [-0.4, -0.2) is 87.8 Å². The minimum atomic E-state index is -0.935. The Morgan fingerprint density at radius 2 is 2.00 bits per heavy atom. The number of phenols is 1. The Kier molecular flexibility index (Phi) is 5.97. The van der Waals surface area contributed by atoms with Gasteiger partial charge in [-0.2, -0.15) is 9.97 Å². The van der Waals surface area contributed by atoms with E-state index < -0.39 is 28.9 Å². The standard InChI is InChI=1S/C34H30F3N5O4/c1-2-21-23(36)6-5-18-11-20(43)12-22(25(18)21)28-27(37)29-26-30(42-9-4-10-44-24-14-34(24,42)17-45-31(26)38-28)40-32(39-29)46-16-33-7-3-8-41(33)15-19(35)13-33/h1,5-6,11-12,19,24,43H,3-4,7-10,13-17H2/t19-,24?,33+,34-/m1/s1. The highest BCUT2D eigenvalue weighted by Crippen LogP contribution is 2.53. The third kappa shape index (κ3) is 3.94. The van der Waals surface area contributed by atoms with Crippen molar-refractivity contribution < 1.29 is 32.5 Å². The smallest absolute Gasteiger partial charge is 0.319 e. The average Bonchev–Trinajstić information content (AvgIpc) is 3.56. The molecule has 4 aliphatic heterocycles. The molecule has 4 fully saturated rings. The summed E-state index contributed by atoms with van der Waals surface area (Å²) in [6.07, 6.45) is 8.22. The predicted molar refractivity (Wildman–Crippen MR) is 163 cm³/mol. The maximum Gasteiger partial charge on any atom is 0.319 e. The van der Waals surface area contributed by atoms with Gasteiger partial charge in [0.1, 0.15) is 58.9 Å². The van der Waals surface area contributed by atoms with Gasteiger partial charge in [-0.05, 0) is 49.4 Å². The fraction of sp³-hybridized carbons (Fsp3) is 0.441. The zero-order valence-corrected chi connectivity index (χ0v) is 24.9. The van der Waals surface area contributed by atoms with Crippen molar-refractivity contribution in [2.24, 2.45) is 0 Å². The van der Waals surface area contributed by atoms with Crippen LogP contribution >= 0.6 is 0 Å². The quantitative estimate of drug-likeness (QED) is 0.317. The highest BCUT2D eigenvalue weighted by molar-refractivity contribution is 6.04. The summed E-state index contributed by atoms with van der Waals surface area (Å²) in [6, 6.07) is 5.37. The molecule has 3 saturated heterocycles. The van der Waals surface area contributed by atoms with Crippen LogP contribution in [0.5, 0.6) is 17.6 Å². The number of nitrogens with zero attached hydrogens (tertiary/aromatic N) is 5. The summed E-state index contributed by atoms with van der Waals surface area (Å²) >= 11 is 0. The molecule has 2 aromatic heterocycles. The van der Waals surface area contributed by atoms with Crippen molar-refractivity contribution in [3.05, 3.63) is 41.5 Å². The first-order valence-electron chi connectivity index (χ1n) is 15.7. The van der Waals surface area contributed by atoms with Crippen LogP contribution in [0.15, 0.2) is 24.3 Å². The molecule has 1 N–H and O–H groups in total. The Bertz CT molecular complexity index is 2000. The summed E-state index contributed by atoms with van der Waals surface area (Å²) in [7, 11) is 0. The Labute approximate surface area is 262 Å². The normalized spacial score (nSPS) is 28.2. The van der Waals surface area contributed by atoms with E-state index in [1.165, 1.54) is 24.3 Å². The first-order valence-corrected chi connectivity index (χ1v) is 15.7. The second-order valence-electron chi connectivity index (χ2n) is 13.1. The van der Waals surface area contributed by atoms with Crippen LogP contribution in [-0.2, 0) is 4.74 Å². The Balaban J connectivity index is 1.26. The number of rotatable bonds is 4. The van der Waals surface area contributed by atoms with Crippen LogP contribution in [0.25, 0.3) is 32.9 Å². The summed E-state index contributed by atoms with van der Waals surface area (Å²) in [5, 5.41) is 11.6. The number of hydrogen-bond donors (Lipinski definition) is 1. The zero-order valence-electron chi connectivity index (χ0n) is 24.9. The molecular formula is C34H30F3N5O4. The number of anilines is 1. The molecule has 0 radical (unpaired) electrons. The van der Waals surface area contributed by atoms with E-state index in [9.17, 15) is 13.9 Å². The topological polar surface area (TPSA) is 93.1 Å². The fourth-order valence-electron chi connectivity index (χ4n) is 8.22. The number of aromatic hydroxyl groups is 1. The lowest BCUT2D eigenvalue weighted by Crippen LogP contribution is -2.44. The molecule has 236 valence electrons. The molecule has 6 heterocycles. The van der Waals surface area contributed by atoms with Gasteiger partial charge < -0.3 is 24.2 Å². The highest BCUT2D eigenvalue weighted by atomic mass is 19.1. The van der Waals surface area contributed by atoms with Crippen molar-refractivity contribution in [1.82, 2.24) is 19.9 Å². The lowest BCUT2D eigenvalue weighted by molar-refractivity contribution is 0.105. The van der Waals surface area contributed by atoms with Gasteiger partial charge in [-0.1, -0.05) is 12.0 Å². The van der Waals surface area contributed by atoms with Crippen molar-refractivity contribution in [3.63, 3.8) is 0 Å². The van der Waals surface area contributed by atoms with Gasteiger partial charge in [0, 0.05) is 43.5 Å². The van der Waals surface area contributed by atoms with Crippen LogP contribution in [0.3, 0.4) is 0 Å². The van der Waals surface area contributed by atoms with E-state index in [1.807, 2.05) is 0 Å². The van der Waals surface area contributed by atoms with Gasteiger partial charge in [0.15, 0.2) is 5.82 Å². The number of alkyl halides is 1. The van der Waals surface area contributed by atoms with E-state index in [2.05, 4.69) is 25.7 Å². The number of phenolic OH excluding ortho intramolecular Hbond substituents is 1. The van der Waals surface area contributed by atoms with Gasteiger partial charge in [-0.15, -0.1) is 6.42 Å². The molecule has 9 rings (SSSR count). The number of terminal acetylenes is 1. The molecule has 5 aliphatic rings. The molecule has 9 nitrogen and oxygen atoms in total. The van der Waals surface area contributed by atoms with Crippen LogP contribution in [0, 0.1) is 24.0 Å². The maximum atomic E-state index is 17.0. The van der Waals surface area contributed by atoms with E-state index in [0.29, 0.717) is 43.7 Å². The number of pyridine rings is 1. The zero-order chi connectivity index (χ0) is 31.4. The summed E-state index contributed by atoms with van der Waals surface area (Å²) in [4.78, 5) is 18.3. The summed E-state index contributed by atoms with van der Waals surface area (Å²) in [6.45, 7) is 2.73. The molecule has 12 heteroatoms. The predicted octanol–water partition coefficient (Wildman–Crippen LogP) is 4.90. The minimum Gasteiger partial charge on any atom is -0.508 e. The fourth-order valence-corrected chi connectivity index (χ4v) is 8.22. The molecule has 1 spiro atoms. The third-order valence-corrected chi connectivity index (χ3v) is 10.5. The first kappa shape index (κ1) is 27.9. The number of ether oxygens (including phenoxy) is 3. The van der Waals surface area contributed by atoms with E-state index >= 15 is 4.39 Å². The van der Waals surface area contributed by atoms with Crippen LogP contribution in [0.1, 0.15) is 37.7 Å². The summed E-state index contributed by atoms with van der Waals surface area (Å²) < 4.78 is 65.2. The number of fused-ring (bicyclic) bond motifs is 3. The van der Waals surface area contributed by atoms with Gasteiger partial charge >= 0.3 is 6.01 Å². The molecule has 1 unspecified atom stereocenters. The van der Waals surface area contributed by atoms with Gasteiger partial charge in [0.2, 0.25) is 5.88 Å². The first-order chi connectivity index (χ1) is 22.3. The molecule has 0 amide bonds. The van der Waals surface area contributed by atoms with E-state index in [0.717, 1.165) is 25.8 Å². The highest BCUT2D eigenvalue weighted by Gasteiger charge is 2.63. The second kappa shape index (κ2) is 9.83. The van der Waals surface area contributed by atoms with Crippen LogP contribution in [0.2, 0.25) is 0 Å². The average molecular weight is 630 g/mol. The molecule has 0 bridgehead atoms. The number of halogens is 3. The van der Waals surface area contributed by atoms with Crippen LogP contribution < -0.4 is 14.4 Å². The molecule has 1 aliphatic carbocycles. The Morgan fingerprint density at radius 3 is 2.87 bits per heavy atom. The van der Waals surface area contributed by atoms with Crippen molar-refractivity contribution in [3.8, 4) is 41.2 Å². The molecule has 46 heavy (non-hydrogen) atoms. The third-order valence-electron chi connectivity index (χ3n) is 10.5. The largest absolute Gasteiger partial charge is 0.508 e. The SMILES string of the molecule is C#Cc1c(F)ccc2cc(O)cc(-c3nc4c5c(nc(OC[C@@]67CCCN6C[C@H](F)C7)nc5c3F)N3CCCOC5C[C@@]53CO4)c12. The Morgan fingerprint density at radius 1 is 1.11 bits per heavy atom. The molecule has 2 aromatic carbocycles. The van der Waals surface area contributed by atoms with E-state index in [-0.39, 0.29) is 70.1 Å². The van der Waals surface area contributed by atoms with Gasteiger partial charge in [0.05, 0.1) is 17.2 Å². The van der Waals surface area contributed by atoms with Crippen LogP contribution in [0.4, 0.5) is 19.0 Å². The molecule has 1 saturated carbocycles. The monoisotopic (exact) mass is 629 g/mol. The maximum absolute atomic E-state index is 17.0. The number of aromatic nitrogens is 3. The van der Waals surface area contributed by atoms with Gasteiger partial charge in [0.25, 0.3) is 0 Å². The molecule has 4 aromatic rings. The van der Waals surface area contributed by atoms with E-state index in [1.54, 1.807) is 0 Å². The van der Waals surface area contributed by atoms with Crippen molar-refractivity contribution in [2.45, 2.75) is 55.5 Å². The lowest BCUT2D eigenvalue weighted by atomic mass is 9.95. The number of hydrogen-bond acceptors (Lipinski definition) is 9. The van der Waals surface area contributed by atoms with Gasteiger partial charge in [-0.3, -0.25) is 4.90 Å². The van der Waals surface area contributed by atoms with Crippen molar-refractivity contribution in [1.29, 1.82) is 0 Å². The molecule has 4 atom stereocenters. The van der Waals surface area contributed by atoms with E-state index in [4.69, 9.17) is 25.6 Å². The Hall–Kier alpha value is -4.34. The van der Waals surface area contributed by atoms with Crippen molar-refractivity contribution in [2.75, 3.05) is 44.4 Å². The summed E-state index contributed by atoms with van der Waals surface area (Å²) in [5.74, 6) is 1.25. The molecular weight excluding hydrogens is 599 g/mol.